The largest absolute Gasteiger partial charge is 0.490 e. The van der Waals surface area contributed by atoms with E-state index < -0.39 is 10.0 Å². The predicted molar refractivity (Wildman–Crippen MR) is 136 cm³/mol. The lowest BCUT2D eigenvalue weighted by Crippen LogP contribution is -2.44. The Hall–Kier alpha value is -3.89. The highest BCUT2D eigenvalue weighted by molar-refractivity contribution is 7.89. The van der Waals surface area contributed by atoms with Gasteiger partial charge in [0.2, 0.25) is 15.9 Å². The van der Waals surface area contributed by atoms with Gasteiger partial charge in [0.05, 0.1) is 23.7 Å². The number of ether oxygens (including phenoxy) is 1. The van der Waals surface area contributed by atoms with Gasteiger partial charge < -0.3 is 20.3 Å². The molecule has 1 aliphatic rings. The number of hydrogen-bond donors (Lipinski definition) is 3. The fourth-order valence-corrected chi connectivity index (χ4v) is 4.86. The monoisotopic (exact) mass is 493 g/mol. The molecule has 0 spiro atoms. The third kappa shape index (κ3) is 5.13. The van der Waals surface area contributed by atoms with Gasteiger partial charge in [0, 0.05) is 23.4 Å². The van der Waals surface area contributed by atoms with E-state index in [2.05, 4.69) is 0 Å². The quantitative estimate of drug-likeness (QED) is 0.341. The van der Waals surface area contributed by atoms with Gasteiger partial charge in [0.15, 0.2) is 0 Å². The maximum Gasteiger partial charge on any atom is 0.246 e. The van der Waals surface area contributed by atoms with Crippen molar-refractivity contribution in [1.82, 2.24) is 0 Å². The summed E-state index contributed by atoms with van der Waals surface area (Å²) in [5.74, 6) is 0.353. The molecule has 0 aliphatic carbocycles. The number of rotatable bonds is 7. The molecule has 1 amide bonds. The van der Waals surface area contributed by atoms with E-state index in [1.165, 1.54) is 6.07 Å². The lowest BCUT2D eigenvalue weighted by Gasteiger charge is -2.32. The highest BCUT2D eigenvalue weighted by atomic mass is 32.2. The molecular formula is C25H27N5O4S. The van der Waals surface area contributed by atoms with Crippen LogP contribution in [0.4, 0.5) is 11.4 Å². The Morgan fingerprint density at radius 3 is 2.60 bits per heavy atom. The number of nitrogens with zero attached hydrogens (tertiary/aromatic N) is 2. The maximum absolute atomic E-state index is 13.3. The molecule has 1 heterocycles. The van der Waals surface area contributed by atoms with Crippen molar-refractivity contribution in [2.75, 3.05) is 36.0 Å². The summed E-state index contributed by atoms with van der Waals surface area (Å²) in [4.78, 5) is 16.9. The molecule has 3 aromatic rings. The fourth-order valence-electron chi connectivity index (χ4n) is 4.10. The van der Waals surface area contributed by atoms with Crippen molar-refractivity contribution in [1.29, 1.82) is 5.41 Å². The summed E-state index contributed by atoms with van der Waals surface area (Å²) in [7, 11) is -3.91. The Balaban J connectivity index is 1.61. The summed E-state index contributed by atoms with van der Waals surface area (Å²) in [6.07, 6.45) is 0. The molecular weight excluding hydrogens is 466 g/mol. The van der Waals surface area contributed by atoms with Gasteiger partial charge in [-0.25, -0.2) is 13.6 Å². The number of primary sulfonamides is 1. The SMILES string of the molecule is CCN(CC(=O)N1CCOc2cc(-c3ccccc3S(N)(=O)=O)ccc21)c1cccc(C(=N)N)c1. The zero-order valence-electron chi connectivity index (χ0n) is 19.3. The minimum atomic E-state index is -3.91. The third-order valence-electron chi connectivity index (χ3n) is 5.86. The number of nitrogens with one attached hydrogen (secondary N) is 1. The molecule has 5 N–H and O–H groups in total. The molecule has 182 valence electrons. The van der Waals surface area contributed by atoms with E-state index in [0.717, 1.165) is 5.69 Å². The number of nitrogen functional groups attached to an aromatic ring is 1. The molecule has 1 aliphatic heterocycles. The zero-order chi connectivity index (χ0) is 25.2. The normalized spacial score (nSPS) is 13.0. The van der Waals surface area contributed by atoms with Crippen LogP contribution in [0.25, 0.3) is 11.1 Å². The number of carbonyl (C=O) groups excluding carboxylic acids is 1. The van der Waals surface area contributed by atoms with Crippen LogP contribution < -0.4 is 25.4 Å². The average Bonchev–Trinajstić information content (AvgIpc) is 2.86. The first-order valence-electron chi connectivity index (χ1n) is 11.1. The molecule has 9 nitrogen and oxygen atoms in total. The van der Waals surface area contributed by atoms with E-state index in [1.807, 2.05) is 24.0 Å². The van der Waals surface area contributed by atoms with Crippen LogP contribution in [0.3, 0.4) is 0 Å². The second-order valence-electron chi connectivity index (χ2n) is 8.10. The standard InChI is InChI=1S/C25H27N5O4S/c1-2-29(19-7-5-6-18(14-19)25(26)27)16-24(31)30-12-13-34-22-15-17(10-11-21(22)30)20-8-3-4-9-23(20)35(28,32)33/h3-11,14-15H,2,12-13,16H2,1H3,(H3,26,27)(H2,28,32,33). The highest BCUT2D eigenvalue weighted by Crippen LogP contribution is 2.37. The minimum Gasteiger partial charge on any atom is -0.490 e. The van der Waals surface area contributed by atoms with Crippen LogP contribution >= 0.6 is 0 Å². The summed E-state index contributed by atoms with van der Waals surface area (Å²) < 4.78 is 29.9. The number of hydrogen-bond acceptors (Lipinski definition) is 6. The van der Waals surface area contributed by atoms with Crippen molar-refractivity contribution >= 4 is 33.1 Å². The van der Waals surface area contributed by atoms with Crippen LogP contribution in [0.15, 0.2) is 71.6 Å². The summed E-state index contributed by atoms with van der Waals surface area (Å²) in [6, 6.07) is 19.0. The van der Waals surface area contributed by atoms with Crippen molar-refractivity contribution < 1.29 is 17.9 Å². The van der Waals surface area contributed by atoms with Gasteiger partial charge in [-0.15, -0.1) is 0 Å². The third-order valence-corrected chi connectivity index (χ3v) is 6.83. The molecule has 0 saturated heterocycles. The smallest absolute Gasteiger partial charge is 0.246 e. The molecule has 0 unspecified atom stereocenters. The number of nitrogens with two attached hydrogens (primary N) is 2. The van der Waals surface area contributed by atoms with Crippen molar-refractivity contribution in [2.24, 2.45) is 10.9 Å². The first kappa shape index (κ1) is 24.2. The first-order valence-corrected chi connectivity index (χ1v) is 12.6. The number of amides is 1. The average molecular weight is 494 g/mol. The van der Waals surface area contributed by atoms with Gasteiger partial charge in [0.25, 0.3) is 0 Å². The molecule has 0 bridgehead atoms. The molecule has 10 heteroatoms. The number of amidine groups is 1. The zero-order valence-corrected chi connectivity index (χ0v) is 20.1. The van der Waals surface area contributed by atoms with Crippen LogP contribution in [0.2, 0.25) is 0 Å². The molecule has 3 aromatic carbocycles. The van der Waals surface area contributed by atoms with Crippen LogP contribution in [0.1, 0.15) is 12.5 Å². The van der Waals surface area contributed by atoms with Gasteiger partial charge in [-0.05, 0) is 42.8 Å². The number of carbonyl (C=O) groups is 1. The van der Waals surface area contributed by atoms with Crippen molar-refractivity contribution in [2.45, 2.75) is 11.8 Å². The number of benzene rings is 3. The van der Waals surface area contributed by atoms with E-state index in [1.54, 1.807) is 53.4 Å². The lowest BCUT2D eigenvalue weighted by atomic mass is 10.0. The van der Waals surface area contributed by atoms with Gasteiger partial charge in [0.1, 0.15) is 18.2 Å². The van der Waals surface area contributed by atoms with Crippen molar-refractivity contribution in [3.8, 4) is 16.9 Å². The number of sulfonamides is 1. The number of anilines is 2. The Morgan fingerprint density at radius 2 is 1.89 bits per heavy atom. The summed E-state index contributed by atoms with van der Waals surface area (Å²) in [5, 5.41) is 13.1. The summed E-state index contributed by atoms with van der Waals surface area (Å²) >= 11 is 0. The lowest BCUT2D eigenvalue weighted by molar-refractivity contribution is -0.117. The van der Waals surface area contributed by atoms with Gasteiger partial charge >= 0.3 is 0 Å². The Morgan fingerprint density at radius 1 is 1.11 bits per heavy atom. The first-order chi connectivity index (χ1) is 16.7. The molecule has 0 fully saturated rings. The second kappa shape index (κ2) is 9.77. The van der Waals surface area contributed by atoms with Crippen LogP contribution in [-0.2, 0) is 14.8 Å². The summed E-state index contributed by atoms with van der Waals surface area (Å²) in [6.45, 7) is 3.38. The van der Waals surface area contributed by atoms with Crippen molar-refractivity contribution in [3.05, 3.63) is 72.3 Å². The second-order valence-corrected chi connectivity index (χ2v) is 9.63. The molecule has 0 radical (unpaired) electrons. The molecule has 0 aromatic heterocycles. The topological polar surface area (TPSA) is 143 Å². The molecule has 0 atom stereocenters. The molecule has 4 rings (SSSR count). The van der Waals surface area contributed by atoms with Crippen LogP contribution in [0, 0.1) is 5.41 Å². The highest BCUT2D eigenvalue weighted by Gasteiger charge is 2.26. The Labute approximate surface area is 204 Å². The summed E-state index contributed by atoms with van der Waals surface area (Å²) in [5.41, 5.74) is 8.72. The van der Waals surface area contributed by atoms with E-state index in [-0.39, 0.29) is 23.2 Å². The van der Waals surface area contributed by atoms with E-state index in [9.17, 15) is 13.2 Å². The predicted octanol–water partition coefficient (Wildman–Crippen LogP) is 2.54. The minimum absolute atomic E-state index is 0.0232. The molecule has 0 saturated carbocycles. The Kier molecular flexibility index (Phi) is 6.77. The van der Waals surface area contributed by atoms with E-state index in [0.29, 0.717) is 47.8 Å². The van der Waals surface area contributed by atoms with Gasteiger partial charge in [-0.3, -0.25) is 10.2 Å². The van der Waals surface area contributed by atoms with Gasteiger partial charge in [-0.2, -0.15) is 0 Å². The van der Waals surface area contributed by atoms with E-state index >= 15 is 0 Å². The Bertz CT molecular complexity index is 1390. The van der Waals surface area contributed by atoms with Crippen LogP contribution in [0.5, 0.6) is 5.75 Å². The van der Waals surface area contributed by atoms with E-state index in [4.69, 9.17) is 21.0 Å². The maximum atomic E-state index is 13.3. The van der Waals surface area contributed by atoms with Crippen molar-refractivity contribution in [3.63, 3.8) is 0 Å². The van der Waals surface area contributed by atoms with Gasteiger partial charge in [-0.1, -0.05) is 36.4 Å². The molecule has 35 heavy (non-hydrogen) atoms. The van der Waals surface area contributed by atoms with Crippen LogP contribution in [-0.4, -0.2) is 46.4 Å². The number of likely N-dealkylation sites (N-methyl/N-ethyl adjacent to an activating group) is 1. The fraction of sp³-hybridized carbons (Fsp3) is 0.200. The number of fused-ring (bicyclic) bond motifs is 1.